The number of likely N-dealkylation sites (N-methyl/N-ethyl adjacent to an activating group) is 1. The fraction of sp³-hybridized carbons (Fsp3) is 0.467. The minimum atomic E-state index is -0.193. The summed E-state index contributed by atoms with van der Waals surface area (Å²) < 4.78 is 0. The van der Waals surface area contributed by atoms with E-state index in [1.165, 1.54) is 4.90 Å². The zero-order chi connectivity index (χ0) is 15.0. The van der Waals surface area contributed by atoms with Gasteiger partial charge in [0.1, 0.15) is 0 Å². The van der Waals surface area contributed by atoms with E-state index in [0.29, 0.717) is 18.5 Å². The van der Waals surface area contributed by atoms with Crippen LogP contribution in [0, 0.1) is 5.92 Å². The van der Waals surface area contributed by atoms with Gasteiger partial charge in [0, 0.05) is 25.8 Å². The molecule has 1 unspecified atom stereocenters. The van der Waals surface area contributed by atoms with Crippen LogP contribution in [0.15, 0.2) is 30.3 Å². The molecule has 110 valence electrons. The summed E-state index contributed by atoms with van der Waals surface area (Å²) in [7, 11) is 1.60. The highest BCUT2D eigenvalue weighted by molar-refractivity contribution is 5.96. The van der Waals surface area contributed by atoms with Gasteiger partial charge in [0.15, 0.2) is 0 Å². The Morgan fingerprint density at radius 2 is 1.95 bits per heavy atom. The van der Waals surface area contributed by atoms with Crippen molar-refractivity contribution in [2.45, 2.75) is 13.3 Å². The zero-order valence-corrected chi connectivity index (χ0v) is 12.0. The van der Waals surface area contributed by atoms with Crippen LogP contribution in [0.3, 0.4) is 0 Å². The molecule has 0 radical (unpaired) electrons. The fourth-order valence-corrected chi connectivity index (χ4v) is 1.75. The number of aliphatic hydroxyl groups is 1. The first-order valence-electron chi connectivity index (χ1n) is 6.72. The maximum Gasteiger partial charge on any atom is 0.254 e. The first-order valence-corrected chi connectivity index (χ1v) is 6.72. The van der Waals surface area contributed by atoms with E-state index in [0.717, 1.165) is 0 Å². The Balaban J connectivity index is 2.40. The summed E-state index contributed by atoms with van der Waals surface area (Å²) in [6.07, 6.45) is 0.652. The molecule has 0 bridgehead atoms. The lowest BCUT2D eigenvalue weighted by Crippen LogP contribution is -2.39. The number of carbonyl (C=O) groups excluding carboxylic acids is 2. The third-order valence-corrected chi connectivity index (χ3v) is 3.02. The molecule has 0 aromatic heterocycles. The Hall–Kier alpha value is -1.88. The summed E-state index contributed by atoms with van der Waals surface area (Å²) in [5.41, 5.74) is 0.566. The normalized spacial score (nSPS) is 11.8. The Morgan fingerprint density at radius 3 is 2.55 bits per heavy atom. The lowest BCUT2D eigenvalue weighted by atomic mass is 10.1. The molecule has 0 aliphatic heterocycles. The molecular formula is C15H22N2O3. The number of aliphatic hydroxyl groups excluding tert-OH is 1. The molecule has 0 aliphatic rings. The van der Waals surface area contributed by atoms with Crippen molar-refractivity contribution in [2.24, 2.45) is 5.92 Å². The minimum absolute atomic E-state index is 0.0274. The van der Waals surface area contributed by atoms with E-state index in [1.807, 2.05) is 13.0 Å². The Labute approximate surface area is 119 Å². The van der Waals surface area contributed by atoms with Gasteiger partial charge in [0.25, 0.3) is 5.91 Å². The van der Waals surface area contributed by atoms with Crippen molar-refractivity contribution >= 4 is 11.8 Å². The predicted octanol–water partition coefficient (Wildman–Crippen LogP) is 0.893. The molecule has 1 aromatic carbocycles. The summed E-state index contributed by atoms with van der Waals surface area (Å²) in [5.74, 6) is -0.148. The van der Waals surface area contributed by atoms with Crippen molar-refractivity contribution < 1.29 is 14.7 Å². The average Bonchev–Trinajstić information content (AvgIpc) is 2.45. The number of hydrogen-bond acceptors (Lipinski definition) is 3. The number of benzene rings is 1. The molecule has 0 spiro atoms. The summed E-state index contributed by atoms with van der Waals surface area (Å²) >= 11 is 0. The number of rotatable bonds is 7. The van der Waals surface area contributed by atoms with Gasteiger partial charge in [0.2, 0.25) is 5.91 Å². The molecular weight excluding hydrogens is 256 g/mol. The highest BCUT2D eigenvalue weighted by Crippen LogP contribution is 2.03. The largest absolute Gasteiger partial charge is 0.396 e. The van der Waals surface area contributed by atoms with Crippen molar-refractivity contribution in [3.05, 3.63) is 35.9 Å². The third-order valence-electron chi connectivity index (χ3n) is 3.02. The van der Waals surface area contributed by atoms with Crippen molar-refractivity contribution in [1.82, 2.24) is 10.2 Å². The van der Waals surface area contributed by atoms with Crippen molar-refractivity contribution in [3.8, 4) is 0 Å². The highest BCUT2D eigenvalue weighted by Gasteiger charge is 2.14. The molecule has 0 saturated heterocycles. The molecule has 1 atom stereocenters. The lowest BCUT2D eigenvalue weighted by molar-refractivity contribution is -0.121. The van der Waals surface area contributed by atoms with Gasteiger partial charge in [-0.1, -0.05) is 25.1 Å². The second-order valence-electron chi connectivity index (χ2n) is 4.95. The highest BCUT2D eigenvalue weighted by atomic mass is 16.3. The maximum absolute atomic E-state index is 12.0. The molecule has 20 heavy (non-hydrogen) atoms. The van der Waals surface area contributed by atoms with Crippen LogP contribution in [0.5, 0.6) is 0 Å². The molecule has 1 aromatic rings. The lowest BCUT2D eigenvalue weighted by Gasteiger charge is -2.18. The van der Waals surface area contributed by atoms with Crippen LogP contribution in [-0.2, 0) is 4.79 Å². The van der Waals surface area contributed by atoms with Crippen LogP contribution in [-0.4, -0.2) is 48.6 Å². The molecule has 0 saturated carbocycles. The monoisotopic (exact) mass is 278 g/mol. The molecule has 0 fully saturated rings. The molecule has 0 aliphatic carbocycles. The third kappa shape index (κ3) is 5.40. The fourth-order valence-electron chi connectivity index (χ4n) is 1.75. The van der Waals surface area contributed by atoms with Crippen LogP contribution in [0.2, 0.25) is 0 Å². The van der Waals surface area contributed by atoms with Gasteiger partial charge >= 0.3 is 0 Å². The van der Waals surface area contributed by atoms with Gasteiger partial charge < -0.3 is 15.3 Å². The summed E-state index contributed by atoms with van der Waals surface area (Å²) in [5, 5.41) is 11.5. The molecule has 5 heteroatoms. The summed E-state index contributed by atoms with van der Waals surface area (Å²) in [6, 6.07) is 8.86. The second kappa shape index (κ2) is 8.32. The number of nitrogens with one attached hydrogen (secondary N) is 1. The van der Waals surface area contributed by atoms with Crippen LogP contribution in [0.1, 0.15) is 23.7 Å². The van der Waals surface area contributed by atoms with Crippen LogP contribution < -0.4 is 5.32 Å². The van der Waals surface area contributed by atoms with Gasteiger partial charge in [-0.15, -0.1) is 0 Å². The smallest absolute Gasteiger partial charge is 0.254 e. The van der Waals surface area contributed by atoms with Gasteiger partial charge in [-0.05, 0) is 24.5 Å². The second-order valence-corrected chi connectivity index (χ2v) is 4.95. The number of carbonyl (C=O) groups is 2. The van der Waals surface area contributed by atoms with Crippen molar-refractivity contribution in [1.29, 1.82) is 0 Å². The molecule has 0 heterocycles. The first-order chi connectivity index (χ1) is 9.54. The van der Waals surface area contributed by atoms with E-state index in [4.69, 9.17) is 5.11 Å². The average molecular weight is 278 g/mol. The van der Waals surface area contributed by atoms with Gasteiger partial charge in [0.05, 0.1) is 6.54 Å². The topological polar surface area (TPSA) is 69.6 Å². The Bertz CT molecular complexity index is 434. The molecule has 2 N–H and O–H groups in total. The van der Waals surface area contributed by atoms with E-state index in [-0.39, 0.29) is 30.9 Å². The quantitative estimate of drug-likeness (QED) is 0.778. The van der Waals surface area contributed by atoms with Crippen LogP contribution in [0.4, 0.5) is 0 Å². The Kier molecular flexibility index (Phi) is 6.73. The van der Waals surface area contributed by atoms with Gasteiger partial charge in [-0.3, -0.25) is 9.59 Å². The van der Waals surface area contributed by atoms with Crippen molar-refractivity contribution in [2.75, 3.05) is 26.7 Å². The first kappa shape index (κ1) is 16.2. The maximum atomic E-state index is 12.0. The standard InChI is InChI=1S/C15H22N2O3/c1-12(8-9-18)10-16-14(19)11-17(2)15(20)13-6-4-3-5-7-13/h3-7,12,18H,8-11H2,1-2H3,(H,16,19). The van der Waals surface area contributed by atoms with E-state index in [1.54, 1.807) is 31.3 Å². The van der Waals surface area contributed by atoms with E-state index >= 15 is 0 Å². The number of hydrogen-bond donors (Lipinski definition) is 2. The van der Waals surface area contributed by atoms with E-state index < -0.39 is 0 Å². The molecule has 1 rings (SSSR count). The van der Waals surface area contributed by atoms with Gasteiger partial charge in [-0.2, -0.15) is 0 Å². The molecule has 5 nitrogen and oxygen atoms in total. The summed E-state index contributed by atoms with van der Waals surface area (Å²) in [4.78, 5) is 25.2. The van der Waals surface area contributed by atoms with Crippen LogP contribution in [0.25, 0.3) is 0 Å². The van der Waals surface area contributed by atoms with Crippen LogP contribution >= 0.6 is 0 Å². The predicted molar refractivity (Wildman–Crippen MR) is 77.3 cm³/mol. The minimum Gasteiger partial charge on any atom is -0.396 e. The Morgan fingerprint density at radius 1 is 1.30 bits per heavy atom. The molecule has 2 amide bonds. The zero-order valence-electron chi connectivity index (χ0n) is 12.0. The van der Waals surface area contributed by atoms with E-state index in [9.17, 15) is 9.59 Å². The SMILES string of the molecule is CC(CCO)CNC(=O)CN(C)C(=O)c1ccccc1. The van der Waals surface area contributed by atoms with Crippen molar-refractivity contribution in [3.63, 3.8) is 0 Å². The summed E-state index contributed by atoms with van der Waals surface area (Å²) in [6.45, 7) is 2.60. The van der Waals surface area contributed by atoms with E-state index in [2.05, 4.69) is 5.32 Å². The number of nitrogens with zero attached hydrogens (tertiary/aromatic N) is 1. The number of amides is 2. The van der Waals surface area contributed by atoms with Gasteiger partial charge in [-0.25, -0.2) is 0 Å².